The lowest BCUT2D eigenvalue weighted by Crippen LogP contribution is -2.16. The summed E-state index contributed by atoms with van der Waals surface area (Å²) < 4.78 is 4.69. The minimum atomic E-state index is -1.56. The van der Waals surface area contributed by atoms with Gasteiger partial charge in [-0.3, -0.25) is 0 Å². The monoisotopic (exact) mass is 308 g/mol. The third kappa shape index (κ3) is 3.92. The van der Waals surface area contributed by atoms with Crippen LogP contribution in [0.4, 0.5) is 0 Å². The highest BCUT2D eigenvalue weighted by Gasteiger charge is 2.23. The minimum absolute atomic E-state index is 0.0540. The summed E-state index contributed by atoms with van der Waals surface area (Å²) >= 11 is 0. The van der Waals surface area contributed by atoms with Gasteiger partial charge in [0.25, 0.3) is 0 Å². The lowest BCUT2D eigenvalue weighted by molar-refractivity contribution is -0.137. The van der Waals surface area contributed by atoms with Gasteiger partial charge < -0.3 is 20.1 Å². The second-order valence-corrected chi connectivity index (χ2v) is 4.10. The second kappa shape index (κ2) is 7.02. The smallest absolute Gasteiger partial charge is 0.336 e. The maximum atomic E-state index is 11.2. The number of benzene rings is 1. The molecule has 0 aliphatic carbocycles. The molecule has 0 atom stereocenters. The molecule has 0 aromatic heterocycles. The zero-order valence-electron chi connectivity index (χ0n) is 11.2. The molecule has 0 fully saturated rings. The molecule has 1 aromatic carbocycles. The van der Waals surface area contributed by atoms with Crippen LogP contribution >= 0.6 is 0 Å². The van der Waals surface area contributed by atoms with Gasteiger partial charge in [-0.2, -0.15) is 0 Å². The van der Waals surface area contributed by atoms with Gasteiger partial charge >= 0.3 is 23.9 Å². The van der Waals surface area contributed by atoms with Gasteiger partial charge in [-0.05, 0) is 17.7 Å². The van der Waals surface area contributed by atoms with E-state index in [9.17, 15) is 19.2 Å². The molecule has 8 nitrogen and oxygen atoms in total. The molecule has 0 amide bonds. The van der Waals surface area contributed by atoms with Crippen LogP contribution in [0.5, 0.6) is 0 Å². The van der Waals surface area contributed by atoms with Gasteiger partial charge in [0, 0.05) is 12.5 Å². The molecule has 0 bridgehead atoms. The van der Waals surface area contributed by atoms with E-state index in [0.29, 0.717) is 0 Å². The van der Waals surface area contributed by atoms with Crippen LogP contribution in [0.3, 0.4) is 0 Å². The Morgan fingerprint density at radius 2 is 1.68 bits per heavy atom. The number of hydrogen-bond acceptors (Lipinski definition) is 5. The Morgan fingerprint density at radius 1 is 1.05 bits per heavy atom. The van der Waals surface area contributed by atoms with Crippen molar-refractivity contribution in [2.75, 3.05) is 6.61 Å². The Hall–Kier alpha value is -3.16. The van der Waals surface area contributed by atoms with E-state index < -0.39 is 35.0 Å². The fourth-order valence-electron chi connectivity index (χ4n) is 1.76. The quantitative estimate of drug-likeness (QED) is 0.502. The molecule has 0 heterocycles. The van der Waals surface area contributed by atoms with E-state index in [1.807, 2.05) is 0 Å². The van der Waals surface area contributed by atoms with Crippen molar-refractivity contribution in [2.45, 2.75) is 6.42 Å². The van der Waals surface area contributed by atoms with Crippen molar-refractivity contribution >= 4 is 23.9 Å². The van der Waals surface area contributed by atoms with Crippen LogP contribution < -0.4 is 0 Å². The average molecular weight is 308 g/mol. The molecule has 3 N–H and O–H groups in total. The summed E-state index contributed by atoms with van der Waals surface area (Å²) in [7, 11) is 0. The summed E-state index contributed by atoms with van der Waals surface area (Å²) in [6, 6.07) is 1.81. The van der Waals surface area contributed by atoms with Gasteiger partial charge in [0.1, 0.15) is 0 Å². The predicted octanol–water partition coefficient (Wildman–Crippen LogP) is 1.05. The van der Waals surface area contributed by atoms with Gasteiger partial charge in [-0.1, -0.05) is 6.58 Å². The Labute approximate surface area is 124 Å². The van der Waals surface area contributed by atoms with Crippen LogP contribution in [0.25, 0.3) is 0 Å². The predicted molar refractivity (Wildman–Crippen MR) is 72.2 cm³/mol. The van der Waals surface area contributed by atoms with Crippen molar-refractivity contribution in [2.24, 2.45) is 0 Å². The number of carbonyl (C=O) groups is 4. The van der Waals surface area contributed by atoms with Crippen molar-refractivity contribution < 1.29 is 39.2 Å². The molecule has 8 heteroatoms. The Kier molecular flexibility index (Phi) is 5.39. The third-order valence-corrected chi connectivity index (χ3v) is 2.69. The number of aromatic carboxylic acids is 3. The van der Waals surface area contributed by atoms with Crippen molar-refractivity contribution in [1.29, 1.82) is 0 Å². The van der Waals surface area contributed by atoms with Crippen LogP contribution in [0, 0.1) is 0 Å². The van der Waals surface area contributed by atoms with Crippen molar-refractivity contribution in [3.05, 3.63) is 47.0 Å². The first-order valence-corrected chi connectivity index (χ1v) is 5.94. The third-order valence-electron chi connectivity index (χ3n) is 2.69. The first kappa shape index (κ1) is 16.9. The Morgan fingerprint density at radius 3 is 2.14 bits per heavy atom. The molecular formula is C14H12O8. The molecule has 0 saturated carbocycles. The summed E-state index contributed by atoms with van der Waals surface area (Å²) in [5.74, 6) is -5.21. The Bertz CT molecular complexity index is 659. The highest BCUT2D eigenvalue weighted by Crippen LogP contribution is 2.20. The number of carbonyl (C=O) groups excluding carboxylic acids is 1. The summed E-state index contributed by atoms with van der Waals surface area (Å²) in [5, 5.41) is 27.1. The molecule has 1 rings (SSSR count). The van der Waals surface area contributed by atoms with E-state index in [4.69, 9.17) is 15.3 Å². The van der Waals surface area contributed by atoms with Crippen LogP contribution in [-0.4, -0.2) is 45.8 Å². The van der Waals surface area contributed by atoms with Crippen molar-refractivity contribution in [3.8, 4) is 0 Å². The molecule has 1 aromatic rings. The maximum Gasteiger partial charge on any atom is 0.336 e. The van der Waals surface area contributed by atoms with Gasteiger partial charge in [0.05, 0.1) is 23.3 Å². The summed E-state index contributed by atoms with van der Waals surface area (Å²) in [6.07, 6.45) is 0.761. The SMILES string of the molecule is C=CC(=O)OCCc1cc(C(=O)O)cc(C(=O)O)c1C(=O)O. The highest BCUT2D eigenvalue weighted by atomic mass is 16.5. The van der Waals surface area contributed by atoms with Gasteiger partial charge in [0.2, 0.25) is 0 Å². The zero-order chi connectivity index (χ0) is 16.9. The van der Waals surface area contributed by atoms with Gasteiger partial charge in [-0.25, -0.2) is 19.2 Å². The van der Waals surface area contributed by atoms with E-state index in [2.05, 4.69) is 11.3 Å². The van der Waals surface area contributed by atoms with Crippen LogP contribution in [0.2, 0.25) is 0 Å². The van der Waals surface area contributed by atoms with Gasteiger partial charge in [0.15, 0.2) is 0 Å². The van der Waals surface area contributed by atoms with Crippen LogP contribution in [0.15, 0.2) is 24.8 Å². The first-order chi connectivity index (χ1) is 10.3. The molecule has 0 saturated heterocycles. The molecule has 22 heavy (non-hydrogen) atoms. The highest BCUT2D eigenvalue weighted by molar-refractivity contribution is 6.05. The van der Waals surface area contributed by atoms with Crippen molar-refractivity contribution in [3.63, 3.8) is 0 Å². The lowest BCUT2D eigenvalue weighted by Gasteiger charge is -2.11. The molecule has 0 aliphatic rings. The normalized spacial score (nSPS) is 9.82. The molecule has 0 radical (unpaired) electrons. The number of carboxylic acid groups (broad SMARTS) is 3. The standard InChI is InChI=1S/C14H12O8/c1-2-10(15)22-4-3-7-5-8(12(16)17)6-9(13(18)19)11(7)14(20)21/h2,5-6H,1,3-4H2,(H,16,17)(H,18,19)(H,20,21). The average Bonchev–Trinajstić information content (AvgIpc) is 2.45. The number of hydrogen-bond donors (Lipinski definition) is 3. The lowest BCUT2D eigenvalue weighted by atomic mass is 9.95. The first-order valence-electron chi connectivity index (χ1n) is 5.94. The number of rotatable bonds is 7. The fraction of sp³-hybridized carbons (Fsp3) is 0.143. The summed E-state index contributed by atoms with van der Waals surface area (Å²) in [5.41, 5.74) is -1.60. The largest absolute Gasteiger partial charge is 0.478 e. The van der Waals surface area contributed by atoms with E-state index >= 15 is 0 Å². The molecular weight excluding hydrogens is 296 g/mol. The van der Waals surface area contributed by atoms with E-state index in [0.717, 1.165) is 18.2 Å². The summed E-state index contributed by atoms with van der Waals surface area (Å²) in [6.45, 7) is 2.94. The van der Waals surface area contributed by atoms with E-state index in [1.165, 1.54) is 0 Å². The molecule has 0 unspecified atom stereocenters. The van der Waals surface area contributed by atoms with E-state index in [-0.39, 0.29) is 24.2 Å². The second-order valence-electron chi connectivity index (χ2n) is 4.10. The number of ether oxygens (including phenoxy) is 1. The van der Waals surface area contributed by atoms with E-state index in [1.54, 1.807) is 0 Å². The minimum Gasteiger partial charge on any atom is -0.478 e. The fourth-order valence-corrected chi connectivity index (χ4v) is 1.76. The molecule has 116 valence electrons. The number of carboxylic acids is 3. The van der Waals surface area contributed by atoms with Crippen molar-refractivity contribution in [1.82, 2.24) is 0 Å². The summed E-state index contributed by atoms with van der Waals surface area (Å²) in [4.78, 5) is 44.3. The Balaban J connectivity index is 3.29. The maximum absolute atomic E-state index is 11.2. The molecule has 0 aliphatic heterocycles. The van der Waals surface area contributed by atoms with Crippen LogP contribution in [0.1, 0.15) is 36.6 Å². The number of esters is 1. The molecule has 0 spiro atoms. The van der Waals surface area contributed by atoms with Gasteiger partial charge in [-0.15, -0.1) is 0 Å². The topological polar surface area (TPSA) is 138 Å². The van der Waals surface area contributed by atoms with Crippen LogP contribution in [-0.2, 0) is 16.0 Å². The zero-order valence-corrected chi connectivity index (χ0v) is 11.2.